The van der Waals surface area contributed by atoms with E-state index in [0.717, 1.165) is 11.4 Å². The maximum Gasteiger partial charge on any atom is 0.253 e. The van der Waals surface area contributed by atoms with Crippen LogP contribution < -0.4 is 0 Å². The van der Waals surface area contributed by atoms with Gasteiger partial charge >= 0.3 is 0 Å². The van der Waals surface area contributed by atoms with Crippen LogP contribution in [0.3, 0.4) is 0 Å². The monoisotopic (exact) mass is 446 g/mol. The largest absolute Gasteiger partial charge is 0.352 e. The van der Waals surface area contributed by atoms with Gasteiger partial charge in [-0.1, -0.05) is 26.0 Å². The molecule has 4 rings (SSSR count). The number of aromatic nitrogens is 2. The van der Waals surface area contributed by atoms with Gasteiger partial charge in [-0.05, 0) is 36.5 Å². The zero-order valence-electron chi connectivity index (χ0n) is 18.5. The average molecular weight is 447 g/mol. The Balaban J connectivity index is 1.55. The predicted octanol–water partition coefficient (Wildman–Crippen LogP) is 2.17. The normalized spacial score (nSPS) is 21.3. The number of imidazole rings is 1. The number of sulfonamides is 1. The van der Waals surface area contributed by atoms with E-state index in [9.17, 15) is 13.2 Å². The smallest absolute Gasteiger partial charge is 0.253 e. The van der Waals surface area contributed by atoms with Gasteiger partial charge in [0.15, 0.2) is 6.10 Å². The lowest BCUT2D eigenvalue weighted by Crippen LogP contribution is -2.54. The summed E-state index contributed by atoms with van der Waals surface area (Å²) in [6, 6.07) is 7.12. The van der Waals surface area contributed by atoms with Gasteiger partial charge in [-0.2, -0.15) is 4.31 Å². The molecule has 2 aromatic rings. The minimum atomic E-state index is -3.59. The molecule has 2 aliphatic rings. The Kier molecular flexibility index (Phi) is 5.70. The molecule has 0 bridgehead atoms. The van der Waals surface area contributed by atoms with E-state index >= 15 is 0 Å². The highest BCUT2D eigenvalue weighted by Gasteiger charge is 2.48. The Morgan fingerprint density at radius 2 is 1.84 bits per heavy atom. The van der Waals surface area contributed by atoms with Crippen molar-refractivity contribution in [2.75, 3.05) is 27.2 Å². The molecule has 1 saturated heterocycles. The van der Waals surface area contributed by atoms with Crippen molar-refractivity contribution in [2.24, 2.45) is 0 Å². The maximum absolute atomic E-state index is 13.2. The molecule has 168 valence electrons. The molecule has 2 aliphatic heterocycles. The molecule has 1 amide bonds. The minimum absolute atomic E-state index is 0.0981. The number of fused-ring (bicyclic) bond motifs is 2. The van der Waals surface area contributed by atoms with E-state index < -0.39 is 21.7 Å². The standard InChI is InChI=1S/C22H30N4O4S/c1-16(2)17-5-7-18(8-6-17)31(28,29)26-12-9-22(10-13-26)21-23-11-14-25(21)15-19(30-22)20(27)24(3)4/h5-8,11,14,16,19H,9-10,12-13,15H2,1-4H3/t19-/m1/s1. The number of ether oxygens (including phenoxy) is 1. The first kappa shape index (κ1) is 22.0. The second-order valence-corrected chi connectivity index (χ2v) is 10.8. The molecule has 1 aromatic carbocycles. The molecule has 9 heteroatoms. The van der Waals surface area contributed by atoms with Crippen LogP contribution in [0.2, 0.25) is 0 Å². The minimum Gasteiger partial charge on any atom is -0.352 e. The summed E-state index contributed by atoms with van der Waals surface area (Å²) in [5.74, 6) is 1.02. The Labute approximate surface area is 183 Å². The van der Waals surface area contributed by atoms with Crippen LogP contribution in [0, 0.1) is 0 Å². The SMILES string of the molecule is CC(C)c1ccc(S(=O)(=O)N2CCC3(CC2)O[C@@H](C(=O)N(C)C)Cn2ccnc23)cc1. The Morgan fingerprint density at radius 3 is 2.42 bits per heavy atom. The van der Waals surface area contributed by atoms with Gasteiger partial charge in [0.25, 0.3) is 5.91 Å². The quantitative estimate of drug-likeness (QED) is 0.719. The van der Waals surface area contributed by atoms with Gasteiger partial charge in [0.2, 0.25) is 10.0 Å². The van der Waals surface area contributed by atoms with Crippen LogP contribution >= 0.6 is 0 Å². The van der Waals surface area contributed by atoms with Crippen LogP contribution in [0.1, 0.15) is 44.0 Å². The highest BCUT2D eigenvalue weighted by molar-refractivity contribution is 7.89. The topological polar surface area (TPSA) is 84.7 Å². The molecule has 1 atom stereocenters. The van der Waals surface area contributed by atoms with Gasteiger partial charge < -0.3 is 14.2 Å². The second kappa shape index (κ2) is 8.03. The lowest BCUT2D eigenvalue weighted by atomic mass is 9.89. The summed E-state index contributed by atoms with van der Waals surface area (Å²) < 4.78 is 36.2. The summed E-state index contributed by atoms with van der Waals surface area (Å²) in [4.78, 5) is 18.9. The van der Waals surface area contributed by atoms with E-state index in [1.165, 1.54) is 9.21 Å². The van der Waals surface area contributed by atoms with Crippen molar-refractivity contribution in [1.29, 1.82) is 0 Å². The van der Waals surface area contributed by atoms with Crippen LogP contribution in [-0.2, 0) is 31.7 Å². The van der Waals surface area contributed by atoms with E-state index in [0.29, 0.717) is 43.3 Å². The molecule has 1 aromatic heterocycles. The molecule has 8 nitrogen and oxygen atoms in total. The van der Waals surface area contributed by atoms with E-state index in [1.54, 1.807) is 32.4 Å². The van der Waals surface area contributed by atoms with Gasteiger partial charge in [0.1, 0.15) is 11.4 Å². The molecule has 31 heavy (non-hydrogen) atoms. The third kappa shape index (κ3) is 3.90. The summed E-state index contributed by atoms with van der Waals surface area (Å²) in [6.07, 6.45) is 3.86. The first-order valence-corrected chi connectivity index (χ1v) is 12.1. The molecule has 0 radical (unpaired) electrons. The van der Waals surface area contributed by atoms with Crippen LogP contribution in [0.4, 0.5) is 0 Å². The zero-order valence-corrected chi connectivity index (χ0v) is 19.3. The molecular formula is C22H30N4O4S. The fraction of sp³-hybridized carbons (Fsp3) is 0.545. The Morgan fingerprint density at radius 1 is 1.19 bits per heavy atom. The molecule has 1 fully saturated rings. The van der Waals surface area contributed by atoms with E-state index in [2.05, 4.69) is 18.8 Å². The van der Waals surface area contributed by atoms with Crippen molar-refractivity contribution in [3.63, 3.8) is 0 Å². The molecule has 3 heterocycles. The average Bonchev–Trinajstić information content (AvgIpc) is 3.23. The number of carbonyl (C=O) groups is 1. The van der Waals surface area contributed by atoms with Crippen molar-refractivity contribution in [3.05, 3.63) is 48.0 Å². The van der Waals surface area contributed by atoms with E-state index in [1.807, 2.05) is 22.9 Å². The van der Waals surface area contributed by atoms with E-state index in [-0.39, 0.29) is 5.91 Å². The predicted molar refractivity (Wildman–Crippen MR) is 116 cm³/mol. The van der Waals surface area contributed by atoms with E-state index in [4.69, 9.17) is 4.74 Å². The molecule has 0 saturated carbocycles. The van der Waals surface area contributed by atoms with Crippen molar-refractivity contribution < 1.29 is 17.9 Å². The van der Waals surface area contributed by atoms with Crippen LogP contribution in [-0.4, -0.2) is 66.4 Å². The van der Waals surface area contributed by atoms with Crippen molar-refractivity contribution in [3.8, 4) is 0 Å². The molecule has 1 spiro atoms. The van der Waals surface area contributed by atoms with Crippen LogP contribution in [0.5, 0.6) is 0 Å². The number of nitrogens with zero attached hydrogens (tertiary/aromatic N) is 4. The molecule has 0 unspecified atom stereocenters. The van der Waals surface area contributed by atoms with Crippen molar-refractivity contribution in [1.82, 2.24) is 18.8 Å². The highest BCUT2D eigenvalue weighted by Crippen LogP contribution is 2.41. The zero-order chi connectivity index (χ0) is 22.4. The second-order valence-electron chi connectivity index (χ2n) is 8.86. The number of hydrogen-bond donors (Lipinski definition) is 0. The fourth-order valence-corrected chi connectivity index (χ4v) is 5.86. The lowest BCUT2D eigenvalue weighted by Gasteiger charge is -2.45. The van der Waals surface area contributed by atoms with Crippen LogP contribution in [0.25, 0.3) is 0 Å². The summed E-state index contributed by atoms with van der Waals surface area (Å²) in [5, 5.41) is 0. The third-order valence-corrected chi connectivity index (χ3v) is 8.20. The molecule has 0 aliphatic carbocycles. The summed E-state index contributed by atoms with van der Waals surface area (Å²) >= 11 is 0. The van der Waals surface area contributed by atoms with Crippen molar-refractivity contribution in [2.45, 2.75) is 55.8 Å². The van der Waals surface area contributed by atoms with Gasteiger partial charge in [0, 0.05) is 39.6 Å². The Bertz CT molecular complexity index is 1050. The van der Waals surface area contributed by atoms with Gasteiger partial charge in [-0.25, -0.2) is 13.4 Å². The number of likely N-dealkylation sites (N-methyl/N-ethyl adjacent to an activating group) is 1. The van der Waals surface area contributed by atoms with Crippen LogP contribution in [0.15, 0.2) is 41.6 Å². The number of hydrogen-bond acceptors (Lipinski definition) is 5. The van der Waals surface area contributed by atoms with Crippen molar-refractivity contribution >= 4 is 15.9 Å². The van der Waals surface area contributed by atoms with Gasteiger partial charge in [-0.15, -0.1) is 0 Å². The van der Waals surface area contributed by atoms with Gasteiger partial charge in [0.05, 0.1) is 11.4 Å². The van der Waals surface area contributed by atoms with Gasteiger partial charge in [-0.3, -0.25) is 4.79 Å². The Hall–Kier alpha value is -2.23. The fourth-order valence-electron chi connectivity index (χ4n) is 4.42. The number of benzene rings is 1. The first-order valence-electron chi connectivity index (χ1n) is 10.6. The maximum atomic E-state index is 13.2. The highest BCUT2D eigenvalue weighted by atomic mass is 32.2. The lowest BCUT2D eigenvalue weighted by molar-refractivity contribution is -0.177. The molecular weight excluding hydrogens is 416 g/mol. The summed E-state index contributed by atoms with van der Waals surface area (Å²) in [6.45, 7) is 5.19. The summed E-state index contributed by atoms with van der Waals surface area (Å²) in [7, 11) is -0.172. The summed E-state index contributed by atoms with van der Waals surface area (Å²) in [5.41, 5.74) is 0.349. The number of amides is 1. The number of piperidine rings is 1. The molecule has 0 N–H and O–H groups in total. The number of carbonyl (C=O) groups excluding carboxylic acids is 1. The number of rotatable bonds is 4. The third-order valence-electron chi connectivity index (χ3n) is 6.28. The first-order chi connectivity index (χ1) is 14.6.